The number of hydrogen-bond acceptors (Lipinski definition) is 2. The smallest absolute Gasteiger partial charge is 0.168 e. The first-order chi connectivity index (χ1) is 15.0. The number of benzene rings is 2. The summed E-state index contributed by atoms with van der Waals surface area (Å²) in [6, 6.07) is 20.1. The van der Waals surface area contributed by atoms with E-state index in [9.17, 15) is 10.5 Å². The summed E-state index contributed by atoms with van der Waals surface area (Å²) in [6.45, 7) is 3.79. The van der Waals surface area contributed by atoms with Crippen LogP contribution in [0.5, 0.6) is 0 Å². The largest absolute Gasteiger partial charge is 0.196 e. The molecule has 0 radical (unpaired) electrons. The van der Waals surface area contributed by atoms with Crippen LogP contribution >= 0.6 is 23.2 Å². The van der Waals surface area contributed by atoms with E-state index < -0.39 is 5.41 Å². The van der Waals surface area contributed by atoms with Crippen LogP contribution in [-0.2, 0) is 0 Å². The number of hydrogen-bond donors (Lipinski definition) is 0. The number of rotatable bonds is 7. The highest BCUT2D eigenvalue weighted by Gasteiger charge is 2.41. The number of nitriles is 2. The minimum atomic E-state index is -1.19. The summed E-state index contributed by atoms with van der Waals surface area (Å²) in [5, 5.41) is 21.4. The minimum Gasteiger partial charge on any atom is -0.196 e. The normalized spacial score (nSPS) is 17.4. The predicted molar refractivity (Wildman–Crippen MR) is 129 cm³/mol. The summed E-state index contributed by atoms with van der Waals surface area (Å²) in [5.41, 5.74) is 1.87. The number of nitrogens with zero attached hydrogens (tertiary/aromatic N) is 2. The van der Waals surface area contributed by atoms with Crippen molar-refractivity contribution in [3.05, 3.63) is 100 Å². The summed E-state index contributed by atoms with van der Waals surface area (Å²) in [7, 11) is 0. The lowest BCUT2D eigenvalue weighted by Crippen LogP contribution is -2.29. The Morgan fingerprint density at radius 2 is 1.65 bits per heavy atom. The van der Waals surface area contributed by atoms with E-state index in [0.29, 0.717) is 16.5 Å². The molecule has 1 aliphatic rings. The zero-order valence-electron chi connectivity index (χ0n) is 17.3. The van der Waals surface area contributed by atoms with E-state index in [1.165, 1.54) is 0 Å². The fourth-order valence-corrected chi connectivity index (χ4v) is 4.55. The Bertz CT molecular complexity index is 1040. The maximum absolute atomic E-state index is 9.99. The Labute approximate surface area is 194 Å². The van der Waals surface area contributed by atoms with Crippen LogP contribution in [0, 0.1) is 34.0 Å². The molecule has 0 spiro atoms. The molecule has 0 N–H and O–H groups in total. The highest BCUT2D eigenvalue weighted by atomic mass is 35.5. The molecule has 156 valence electrons. The molecule has 2 aromatic rings. The van der Waals surface area contributed by atoms with Crippen LogP contribution in [0.25, 0.3) is 6.08 Å². The van der Waals surface area contributed by atoms with Crippen molar-refractivity contribution in [1.82, 2.24) is 0 Å². The van der Waals surface area contributed by atoms with Crippen molar-refractivity contribution in [1.29, 1.82) is 10.5 Å². The van der Waals surface area contributed by atoms with Gasteiger partial charge in [-0.1, -0.05) is 71.8 Å². The molecule has 0 unspecified atom stereocenters. The molecule has 1 aliphatic carbocycles. The van der Waals surface area contributed by atoms with Gasteiger partial charge in [0, 0.05) is 22.4 Å². The highest BCUT2D eigenvalue weighted by Crippen LogP contribution is 2.47. The average molecular weight is 447 g/mol. The van der Waals surface area contributed by atoms with Crippen LogP contribution in [0.4, 0.5) is 0 Å². The maximum atomic E-state index is 9.99. The van der Waals surface area contributed by atoms with Gasteiger partial charge in [-0.3, -0.25) is 0 Å². The molecule has 4 heteroatoms. The molecule has 2 nitrogen and oxygen atoms in total. The van der Waals surface area contributed by atoms with E-state index in [1.54, 1.807) is 6.08 Å². The average Bonchev–Trinajstić information content (AvgIpc) is 2.80. The first-order valence-electron chi connectivity index (χ1n) is 10.4. The van der Waals surface area contributed by atoms with E-state index >= 15 is 0 Å². The lowest BCUT2D eigenvalue weighted by Gasteiger charge is -2.36. The lowest BCUT2D eigenvalue weighted by atomic mass is 9.65. The molecule has 3 rings (SSSR count). The number of halogens is 2. The second-order valence-corrected chi connectivity index (χ2v) is 8.68. The van der Waals surface area contributed by atoms with Gasteiger partial charge in [0.15, 0.2) is 5.41 Å². The Balaban J connectivity index is 2.07. The monoisotopic (exact) mass is 446 g/mol. The van der Waals surface area contributed by atoms with Gasteiger partial charge in [0.2, 0.25) is 0 Å². The summed E-state index contributed by atoms with van der Waals surface area (Å²) in [5.74, 6) is 0.0445. The molecule has 0 heterocycles. The third kappa shape index (κ3) is 5.29. The molecule has 0 amide bonds. The zero-order chi connectivity index (χ0) is 22.3. The summed E-state index contributed by atoms with van der Waals surface area (Å²) < 4.78 is 0. The maximum Gasteiger partial charge on any atom is 0.168 e. The summed E-state index contributed by atoms with van der Waals surface area (Å²) in [6.07, 6.45) is 11.1. The van der Waals surface area contributed by atoms with Crippen molar-refractivity contribution < 1.29 is 0 Å². The third-order valence-electron chi connectivity index (χ3n) is 5.86. The van der Waals surface area contributed by atoms with Gasteiger partial charge < -0.3 is 0 Å². The van der Waals surface area contributed by atoms with Crippen molar-refractivity contribution in [2.75, 3.05) is 0 Å². The quantitative estimate of drug-likeness (QED) is 0.402. The van der Waals surface area contributed by atoms with Gasteiger partial charge in [-0.25, -0.2) is 0 Å². The fraction of sp³-hybridized carbons (Fsp3) is 0.259. The van der Waals surface area contributed by atoms with Gasteiger partial charge in [-0.05, 0) is 66.1 Å². The molecule has 0 saturated heterocycles. The second-order valence-electron chi connectivity index (χ2n) is 7.81. The summed E-state index contributed by atoms with van der Waals surface area (Å²) >= 11 is 12.2. The van der Waals surface area contributed by atoms with Crippen molar-refractivity contribution >= 4 is 29.3 Å². The van der Waals surface area contributed by atoms with Crippen LogP contribution in [0.1, 0.15) is 42.7 Å². The van der Waals surface area contributed by atoms with Gasteiger partial charge in [-0.15, -0.1) is 6.58 Å². The van der Waals surface area contributed by atoms with E-state index in [4.69, 9.17) is 23.2 Å². The first-order valence-corrected chi connectivity index (χ1v) is 11.1. The fourth-order valence-electron chi connectivity index (χ4n) is 4.30. The van der Waals surface area contributed by atoms with Crippen LogP contribution in [0.3, 0.4) is 0 Å². The first kappa shape index (κ1) is 22.9. The SMILES string of the molecule is C=CCC(C#N)(C#N)C1=CCCC[C@H]1[C@@H](/C=C/c1ccc(Cl)cc1)c1ccc(Cl)cc1. The Kier molecular flexibility index (Phi) is 7.75. The molecular formula is C27H24Cl2N2. The molecule has 0 saturated carbocycles. The van der Waals surface area contributed by atoms with Gasteiger partial charge in [-0.2, -0.15) is 10.5 Å². The van der Waals surface area contributed by atoms with Crippen LogP contribution in [0.2, 0.25) is 10.0 Å². The predicted octanol–water partition coefficient (Wildman–Crippen LogP) is 8.13. The van der Waals surface area contributed by atoms with Gasteiger partial charge in [0.25, 0.3) is 0 Å². The highest BCUT2D eigenvalue weighted by molar-refractivity contribution is 6.30. The van der Waals surface area contributed by atoms with Crippen LogP contribution in [0.15, 0.2) is 78.9 Å². The standard InChI is InChI=1S/C27H24Cl2N2/c1-2-17-27(18-30,19-31)26-6-4-3-5-25(26)24(21-10-14-23(29)15-11-21)16-9-20-7-12-22(28)13-8-20/h2,6-16,24-25H,1,3-5,17H2/b16-9+/t24-,25-/m0/s1. The van der Waals surface area contributed by atoms with E-state index in [2.05, 4.69) is 36.9 Å². The Morgan fingerprint density at radius 3 is 2.23 bits per heavy atom. The van der Waals surface area contributed by atoms with Crippen LogP contribution < -0.4 is 0 Å². The van der Waals surface area contributed by atoms with Crippen molar-refractivity contribution in [3.8, 4) is 12.1 Å². The summed E-state index contributed by atoms with van der Waals surface area (Å²) in [4.78, 5) is 0. The Hall–Kier alpha value is -2.78. The van der Waals surface area contributed by atoms with Gasteiger partial charge in [0.05, 0.1) is 12.1 Å². The Morgan fingerprint density at radius 1 is 1.03 bits per heavy atom. The van der Waals surface area contributed by atoms with Crippen molar-refractivity contribution in [2.24, 2.45) is 11.3 Å². The lowest BCUT2D eigenvalue weighted by molar-refractivity contribution is 0.405. The number of allylic oxidation sites excluding steroid dienone is 4. The molecule has 2 aromatic carbocycles. The third-order valence-corrected chi connectivity index (χ3v) is 6.37. The molecule has 0 aromatic heterocycles. The van der Waals surface area contributed by atoms with E-state index in [1.807, 2.05) is 48.5 Å². The molecule has 0 fully saturated rings. The van der Waals surface area contributed by atoms with E-state index in [0.717, 1.165) is 36.0 Å². The zero-order valence-corrected chi connectivity index (χ0v) is 18.8. The minimum absolute atomic E-state index is 0.00499. The topological polar surface area (TPSA) is 47.6 Å². The van der Waals surface area contributed by atoms with Crippen molar-refractivity contribution in [2.45, 2.75) is 31.6 Å². The van der Waals surface area contributed by atoms with Gasteiger partial charge in [0.1, 0.15) is 0 Å². The molecule has 2 atom stereocenters. The molecular weight excluding hydrogens is 423 g/mol. The molecule has 0 aliphatic heterocycles. The molecule has 0 bridgehead atoms. The van der Waals surface area contributed by atoms with Gasteiger partial charge >= 0.3 is 0 Å². The van der Waals surface area contributed by atoms with Crippen molar-refractivity contribution in [3.63, 3.8) is 0 Å². The van der Waals surface area contributed by atoms with E-state index in [-0.39, 0.29) is 11.8 Å². The molecule has 31 heavy (non-hydrogen) atoms. The second kappa shape index (κ2) is 10.5. The van der Waals surface area contributed by atoms with Crippen LogP contribution in [-0.4, -0.2) is 0 Å².